The number of H-pyrrole nitrogens is 1. The fourth-order valence-corrected chi connectivity index (χ4v) is 4.14. The first-order chi connectivity index (χ1) is 15.3. The summed E-state index contributed by atoms with van der Waals surface area (Å²) in [5.41, 5.74) is 5.36. The lowest BCUT2D eigenvalue weighted by molar-refractivity contribution is -0.126. The zero-order chi connectivity index (χ0) is 22.0. The van der Waals surface area contributed by atoms with Gasteiger partial charge in [0.1, 0.15) is 6.61 Å². The van der Waals surface area contributed by atoms with Gasteiger partial charge in [0.25, 0.3) is 0 Å². The Kier molecular flexibility index (Phi) is 14.0. The molecule has 2 N–H and O–H groups in total. The van der Waals surface area contributed by atoms with Gasteiger partial charge in [-0.25, -0.2) is 5.48 Å². The zero-order valence-electron chi connectivity index (χ0n) is 19.7. The van der Waals surface area contributed by atoms with Crippen LogP contribution in [0.1, 0.15) is 102 Å². The minimum absolute atomic E-state index is 0.173. The van der Waals surface area contributed by atoms with E-state index in [1.54, 1.807) is 0 Å². The first-order valence-corrected chi connectivity index (χ1v) is 12.7. The summed E-state index contributed by atoms with van der Waals surface area (Å²) in [4.78, 5) is 20.6. The monoisotopic (exact) mass is 428 g/mol. The van der Waals surface area contributed by atoms with Crippen molar-refractivity contribution in [3.8, 4) is 0 Å². The van der Waals surface area contributed by atoms with Crippen molar-refractivity contribution in [2.45, 2.75) is 103 Å². The fourth-order valence-electron chi connectivity index (χ4n) is 4.14. The number of para-hydroxylation sites is 1. The number of ketones is 1. The molecule has 0 aliphatic heterocycles. The first kappa shape index (κ1) is 25.6. The van der Waals surface area contributed by atoms with Crippen LogP contribution in [0.15, 0.2) is 30.5 Å². The highest BCUT2D eigenvalue weighted by atomic mass is 16.6. The molecule has 0 fully saturated rings. The molecule has 0 spiro atoms. The van der Waals surface area contributed by atoms with Gasteiger partial charge in [0.15, 0.2) is 5.78 Å². The molecule has 0 bridgehead atoms. The molecule has 1 aromatic heterocycles. The molecule has 1 aromatic carbocycles. The summed E-state index contributed by atoms with van der Waals surface area (Å²) in [6.07, 6.45) is 20.8. The third-order valence-electron chi connectivity index (χ3n) is 6.07. The number of unbranched alkanes of at least 4 members (excludes halogenated alkanes) is 12. The Hall–Kier alpha value is -1.65. The van der Waals surface area contributed by atoms with Crippen molar-refractivity contribution < 1.29 is 9.63 Å². The second-order valence-corrected chi connectivity index (χ2v) is 8.82. The normalized spacial score (nSPS) is 11.4. The quantitative estimate of drug-likeness (QED) is 0.172. The van der Waals surface area contributed by atoms with E-state index in [2.05, 4.69) is 35.6 Å². The molecular weight excluding hydrogens is 384 g/mol. The number of hydrogen-bond donors (Lipinski definition) is 2. The van der Waals surface area contributed by atoms with Crippen LogP contribution < -0.4 is 5.48 Å². The van der Waals surface area contributed by atoms with Crippen LogP contribution in [0.5, 0.6) is 0 Å². The van der Waals surface area contributed by atoms with E-state index in [-0.39, 0.29) is 12.4 Å². The molecule has 174 valence electrons. The zero-order valence-corrected chi connectivity index (χ0v) is 19.7. The van der Waals surface area contributed by atoms with Gasteiger partial charge in [0.2, 0.25) is 0 Å². The van der Waals surface area contributed by atoms with Gasteiger partial charge >= 0.3 is 0 Å². The maximum absolute atomic E-state index is 11.9. The Morgan fingerprint density at radius 2 is 1.48 bits per heavy atom. The molecule has 2 rings (SSSR count). The van der Waals surface area contributed by atoms with E-state index in [0.717, 1.165) is 24.8 Å². The Morgan fingerprint density at radius 3 is 2.16 bits per heavy atom. The predicted octanol–water partition coefficient (Wildman–Crippen LogP) is 7.28. The van der Waals surface area contributed by atoms with E-state index in [4.69, 9.17) is 4.84 Å². The van der Waals surface area contributed by atoms with Crippen molar-refractivity contribution in [1.29, 1.82) is 0 Å². The Labute approximate surface area is 189 Å². The number of aromatic nitrogens is 1. The van der Waals surface area contributed by atoms with E-state index in [1.807, 2.05) is 12.3 Å². The van der Waals surface area contributed by atoms with Crippen LogP contribution >= 0.6 is 0 Å². The minimum Gasteiger partial charge on any atom is -0.361 e. The standard InChI is InChI=1S/C27H44N2O2/c1-2-3-4-5-6-7-8-9-10-11-12-13-14-17-25(30)23-31-29-21-20-24-22-28-27-19-16-15-18-26(24)27/h15-16,18-19,22,28-29H,2-14,17,20-21,23H2,1H3. The lowest BCUT2D eigenvalue weighted by Crippen LogP contribution is -2.22. The van der Waals surface area contributed by atoms with Crippen molar-refractivity contribution in [1.82, 2.24) is 10.5 Å². The third-order valence-corrected chi connectivity index (χ3v) is 6.07. The lowest BCUT2D eigenvalue weighted by atomic mass is 10.0. The van der Waals surface area contributed by atoms with Gasteiger partial charge in [-0.05, 0) is 24.5 Å². The number of benzene rings is 1. The molecular formula is C27H44N2O2. The summed E-state index contributed by atoms with van der Waals surface area (Å²) < 4.78 is 0. The molecule has 0 saturated carbocycles. The van der Waals surface area contributed by atoms with Gasteiger partial charge in [-0.3, -0.25) is 9.63 Å². The number of rotatable bonds is 20. The van der Waals surface area contributed by atoms with Gasteiger partial charge in [0.05, 0.1) is 0 Å². The second-order valence-electron chi connectivity index (χ2n) is 8.82. The van der Waals surface area contributed by atoms with Crippen LogP contribution in [0.4, 0.5) is 0 Å². The average molecular weight is 429 g/mol. The molecule has 0 aliphatic carbocycles. The Balaban J connectivity index is 1.34. The van der Waals surface area contributed by atoms with Crippen molar-refractivity contribution in [2.24, 2.45) is 0 Å². The van der Waals surface area contributed by atoms with Crippen LogP contribution in [0.3, 0.4) is 0 Å². The molecule has 4 nitrogen and oxygen atoms in total. The van der Waals surface area contributed by atoms with Gasteiger partial charge in [-0.2, -0.15) is 0 Å². The Morgan fingerprint density at radius 1 is 0.871 bits per heavy atom. The highest BCUT2D eigenvalue weighted by molar-refractivity contribution is 5.83. The largest absolute Gasteiger partial charge is 0.361 e. The number of carbonyl (C=O) groups is 1. The maximum Gasteiger partial charge on any atom is 0.160 e. The first-order valence-electron chi connectivity index (χ1n) is 12.7. The molecule has 1 heterocycles. The Bertz CT molecular complexity index is 710. The maximum atomic E-state index is 11.9. The summed E-state index contributed by atoms with van der Waals surface area (Å²) in [5, 5.41) is 1.25. The molecule has 0 atom stereocenters. The van der Waals surface area contributed by atoms with E-state index in [1.165, 1.54) is 81.6 Å². The number of carbonyl (C=O) groups excluding carboxylic acids is 1. The van der Waals surface area contributed by atoms with Crippen molar-refractivity contribution >= 4 is 16.7 Å². The second kappa shape index (κ2) is 17.0. The summed E-state index contributed by atoms with van der Waals surface area (Å²) in [6.45, 7) is 3.15. The number of hydroxylamine groups is 1. The average Bonchev–Trinajstić information content (AvgIpc) is 3.20. The minimum atomic E-state index is 0.173. The lowest BCUT2D eigenvalue weighted by Gasteiger charge is -2.06. The molecule has 0 amide bonds. The number of fused-ring (bicyclic) bond motifs is 1. The summed E-state index contributed by atoms with van der Waals surface area (Å²) in [6, 6.07) is 8.30. The molecule has 2 aromatic rings. The van der Waals surface area contributed by atoms with Crippen molar-refractivity contribution in [2.75, 3.05) is 13.2 Å². The van der Waals surface area contributed by atoms with Gasteiger partial charge in [-0.1, -0.05) is 102 Å². The molecule has 0 saturated heterocycles. The van der Waals surface area contributed by atoms with E-state index in [0.29, 0.717) is 13.0 Å². The molecule has 0 radical (unpaired) electrons. The van der Waals surface area contributed by atoms with Gasteiger partial charge in [-0.15, -0.1) is 0 Å². The summed E-state index contributed by atoms with van der Waals surface area (Å²) in [5.74, 6) is 0.197. The van der Waals surface area contributed by atoms with Crippen LogP contribution in [0, 0.1) is 0 Å². The van der Waals surface area contributed by atoms with Crippen LogP contribution in [0.25, 0.3) is 10.9 Å². The third kappa shape index (κ3) is 11.5. The smallest absolute Gasteiger partial charge is 0.160 e. The highest BCUT2D eigenvalue weighted by Gasteiger charge is 2.04. The number of Topliss-reactive ketones (excluding diaryl/α,β-unsaturated/α-hetero) is 1. The number of aromatic amines is 1. The summed E-state index contributed by atoms with van der Waals surface area (Å²) >= 11 is 0. The molecule has 0 unspecified atom stereocenters. The molecule has 4 heteroatoms. The van der Waals surface area contributed by atoms with Crippen molar-refractivity contribution in [3.05, 3.63) is 36.0 Å². The highest BCUT2D eigenvalue weighted by Crippen LogP contribution is 2.17. The number of nitrogens with one attached hydrogen (secondary N) is 2. The number of hydrogen-bond acceptors (Lipinski definition) is 3. The SMILES string of the molecule is CCCCCCCCCCCCCCCC(=O)CONCCc1c[nH]c2ccccc12. The van der Waals surface area contributed by atoms with Gasteiger partial charge in [0, 0.05) is 30.1 Å². The van der Waals surface area contributed by atoms with Gasteiger partial charge < -0.3 is 4.98 Å². The molecule has 0 aliphatic rings. The van der Waals surface area contributed by atoms with Crippen LogP contribution in [-0.2, 0) is 16.1 Å². The van der Waals surface area contributed by atoms with E-state index in [9.17, 15) is 4.79 Å². The predicted molar refractivity (Wildman–Crippen MR) is 131 cm³/mol. The van der Waals surface area contributed by atoms with E-state index >= 15 is 0 Å². The van der Waals surface area contributed by atoms with Crippen LogP contribution in [0.2, 0.25) is 0 Å². The van der Waals surface area contributed by atoms with Crippen LogP contribution in [-0.4, -0.2) is 23.9 Å². The summed E-state index contributed by atoms with van der Waals surface area (Å²) in [7, 11) is 0. The fraction of sp³-hybridized carbons (Fsp3) is 0.667. The topological polar surface area (TPSA) is 54.1 Å². The van der Waals surface area contributed by atoms with Crippen molar-refractivity contribution in [3.63, 3.8) is 0 Å². The van der Waals surface area contributed by atoms with E-state index < -0.39 is 0 Å². The molecule has 31 heavy (non-hydrogen) atoms.